The first kappa shape index (κ1) is 15.3. The fraction of sp³-hybridized carbons (Fsp3) is 0.368. The van der Waals surface area contributed by atoms with Gasteiger partial charge in [-0.15, -0.1) is 10.2 Å². The first-order valence-electron chi connectivity index (χ1n) is 9.16. The van der Waals surface area contributed by atoms with Gasteiger partial charge in [-0.2, -0.15) is 0 Å². The van der Waals surface area contributed by atoms with E-state index in [0.29, 0.717) is 5.95 Å². The van der Waals surface area contributed by atoms with Crippen LogP contribution in [-0.2, 0) is 7.05 Å². The van der Waals surface area contributed by atoms with Crippen molar-refractivity contribution in [2.45, 2.75) is 25.7 Å². The maximum absolute atomic E-state index is 4.62. The zero-order valence-electron chi connectivity index (χ0n) is 14.8. The summed E-state index contributed by atoms with van der Waals surface area (Å²) in [4.78, 5) is 4.52. The highest BCUT2D eigenvalue weighted by Crippen LogP contribution is 2.28. The van der Waals surface area contributed by atoms with Crippen LogP contribution in [-0.4, -0.2) is 36.1 Å². The van der Waals surface area contributed by atoms with E-state index in [0.717, 1.165) is 40.1 Å². The van der Waals surface area contributed by atoms with Crippen LogP contribution in [0.25, 0.3) is 27.7 Å². The van der Waals surface area contributed by atoms with E-state index in [2.05, 4.69) is 43.9 Å². The van der Waals surface area contributed by atoms with Gasteiger partial charge in [0.2, 0.25) is 5.95 Å². The number of hydrogen-bond acceptors (Lipinski definition) is 5. The van der Waals surface area contributed by atoms with Crippen molar-refractivity contribution in [3.05, 3.63) is 36.7 Å². The lowest BCUT2D eigenvalue weighted by Gasteiger charge is -2.10. The van der Waals surface area contributed by atoms with Crippen LogP contribution in [0.2, 0.25) is 0 Å². The molecule has 1 fully saturated rings. The van der Waals surface area contributed by atoms with E-state index in [4.69, 9.17) is 0 Å². The highest BCUT2D eigenvalue weighted by Gasteiger charge is 2.15. The number of nitrogens with zero attached hydrogens (tertiary/aromatic N) is 6. The Hall–Kier alpha value is -2.96. The summed E-state index contributed by atoms with van der Waals surface area (Å²) in [7, 11) is 1.91. The number of rotatable bonds is 4. The molecular formula is C19H21N7. The van der Waals surface area contributed by atoms with Crippen molar-refractivity contribution in [1.82, 2.24) is 29.6 Å². The number of nitrogens with one attached hydrogen (secondary N) is 1. The van der Waals surface area contributed by atoms with Gasteiger partial charge in [0, 0.05) is 25.4 Å². The molecule has 1 aromatic carbocycles. The standard InChI is InChI=1S/C19H21N7/c1-25-17-10-14(6-7-16(17)22-24-25)15-8-9-26-18(15)12-21-19(23-26)20-11-13-4-2-3-5-13/h6-10,12-13H,2-5,11H2,1H3,(H,20,23). The maximum atomic E-state index is 4.62. The number of benzene rings is 1. The number of aryl methyl sites for hydroxylation is 1. The van der Waals surface area contributed by atoms with Gasteiger partial charge in [0.15, 0.2) is 0 Å². The van der Waals surface area contributed by atoms with Crippen molar-refractivity contribution in [1.29, 1.82) is 0 Å². The van der Waals surface area contributed by atoms with Gasteiger partial charge in [0.05, 0.1) is 17.2 Å². The van der Waals surface area contributed by atoms with Gasteiger partial charge in [-0.1, -0.05) is 24.1 Å². The summed E-state index contributed by atoms with van der Waals surface area (Å²) in [6.07, 6.45) is 9.21. The summed E-state index contributed by atoms with van der Waals surface area (Å²) < 4.78 is 3.68. The number of hydrogen-bond donors (Lipinski definition) is 1. The number of aromatic nitrogens is 6. The monoisotopic (exact) mass is 347 g/mol. The molecule has 1 N–H and O–H groups in total. The third-order valence-corrected chi connectivity index (χ3v) is 5.36. The Balaban J connectivity index is 1.45. The van der Waals surface area contributed by atoms with E-state index in [1.807, 2.05) is 30.0 Å². The molecule has 4 aromatic rings. The second-order valence-corrected chi connectivity index (χ2v) is 7.09. The second kappa shape index (κ2) is 6.09. The molecule has 7 heteroatoms. The van der Waals surface area contributed by atoms with E-state index < -0.39 is 0 Å². The fourth-order valence-corrected chi connectivity index (χ4v) is 3.87. The van der Waals surface area contributed by atoms with Crippen LogP contribution in [0, 0.1) is 5.92 Å². The van der Waals surface area contributed by atoms with Crippen molar-refractivity contribution in [2.24, 2.45) is 13.0 Å². The lowest BCUT2D eigenvalue weighted by atomic mass is 10.1. The minimum absolute atomic E-state index is 0.692. The van der Waals surface area contributed by atoms with Crippen LogP contribution >= 0.6 is 0 Å². The number of fused-ring (bicyclic) bond motifs is 2. The molecule has 0 atom stereocenters. The summed E-state index contributed by atoms with van der Waals surface area (Å²) in [5, 5.41) is 16.2. The van der Waals surface area contributed by atoms with Crippen LogP contribution in [0.3, 0.4) is 0 Å². The highest BCUT2D eigenvalue weighted by atomic mass is 15.4. The van der Waals surface area contributed by atoms with Gasteiger partial charge in [-0.3, -0.25) is 0 Å². The Morgan fingerprint density at radius 2 is 2.04 bits per heavy atom. The van der Waals surface area contributed by atoms with Gasteiger partial charge < -0.3 is 5.32 Å². The van der Waals surface area contributed by atoms with Crippen molar-refractivity contribution in [3.8, 4) is 11.1 Å². The highest BCUT2D eigenvalue weighted by molar-refractivity contribution is 5.87. The molecule has 1 aliphatic rings. The Bertz CT molecular complexity index is 1070. The second-order valence-electron chi connectivity index (χ2n) is 7.09. The van der Waals surface area contributed by atoms with Gasteiger partial charge in [0.1, 0.15) is 5.52 Å². The Labute approximate surface area is 151 Å². The summed E-state index contributed by atoms with van der Waals surface area (Å²) in [6.45, 7) is 0.962. The summed E-state index contributed by atoms with van der Waals surface area (Å²) in [6, 6.07) is 8.25. The molecule has 7 nitrogen and oxygen atoms in total. The van der Waals surface area contributed by atoms with Crippen LogP contribution in [0.4, 0.5) is 5.95 Å². The maximum Gasteiger partial charge on any atom is 0.241 e. The minimum atomic E-state index is 0.692. The SMILES string of the molecule is Cn1nnc2ccc(-c3ccn4nc(NCC5CCCC5)ncc34)cc21. The summed E-state index contributed by atoms with van der Waals surface area (Å²) in [5.41, 5.74) is 5.12. The molecule has 26 heavy (non-hydrogen) atoms. The molecule has 3 heterocycles. The van der Waals surface area contributed by atoms with Gasteiger partial charge in [-0.25, -0.2) is 14.2 Å². The molecule has 0 radical (unpaired) electrons. The van der Waals surface area contributed by atoms with E-state index in [9.17, 15) is 0 Å². The van der Waals surface area contributed by atoms with Gasteiger partial charge in [0.25, 0.3) is 0 Å². The van der Waals surface area contributed by atoms with Crippen molar-refractivity contribution >= 4 is 22.5 Å². The Morgan fingerprint density at radius 3 is 2.92 bits per heavy atom. The molecule has 5 rings (SSSR count). The predicted octanol–water partition coefficient (Wildman–Crippen LogP) is 3.28. The normalized spacial score (nSPS) is 15.3. The molecule has 0 aliphatic heterocycles. The zero-order chi connectivity index (χ0) is 17.5. The molecule has 0 unspecified atom stereocenters. The molecule has 0 bridgehead atoms. The van der Waals surface area contributed by atoms with Gasteiger partial charge >= 0.3 is 0 Å². The quantitative estimate of drug-likeness (QED) is 0.613. The fourth-order valence-electron chi connectivity index (χ4n) is 3.87. The molecule has 3 aromatic heterocycles. The van der Waals surface area contributed by atoms with E-state index in [1.165, 1.54) is 25.7 Å². The van der Waals surface area contributed by atoms with Crippen molar-refractivity contribution in [2.75, 3.05) is 11.9 Å². The average Bonchev–Trinajstić information content (AvgIpc) is 3.40. The Morgan fingerprint density at radius 1 is 1.15 bits per heavy atom. The third kappa shape index (κ3) is 2.60. The van der Waals surface area contributed by atoms with Crippen molar-refractivity contribution in [3.63, 3.8) is 0 Å². The van der Waals surface area contributed by atoms with Crippen molar-refractivity contribution < 1.29 is 0 Å². The molecule has 0 saturated heterocycles. The smallest absolute Gasteiger partial charge is 0.241 e. The van der Waals surface area contributed by atoms with E-state index >= 15 is 0 Å². The molecule has 1 aliphatic carbocycles. The van der Waals surface area contributed by atoms with Crippen LogP contribution in [0.5, 0.6) is 0 Å². The third-order valence-electron chi connectivity index (χ3n) is 5.36. The zero-order valence-corrected chi connectivity index (χ0v) is 14.8. The Kier molecular flexibility index (Phi) is 3.58. The topological polar surface area (TPSA) is 72.9 Å². The van der Waals surface area contributed by atoms with E-state index in [1.54, 1.807) is 4.68 Å². The molecule has 0 amide bonds. The number of anilines is 1. The molecule has 0 spiro atoms. The lowest BCUT2D eigenvalue weighted by Crippen LogP contribution is -2.13. The van der Waals surface area contributed by atoms with Crippen LogP contribution < -0.4 is 5.32 Å². The summed E-state index contributed by atoms with van der Waals surface area (Å²) in [5.74, 6) is 1.45. The lowest BCUT2D eigenvalue weighted by molar-refractivity contribution is 0.576. The van der Waals surface area contributed by atoms with Crippen LogP contribution in [0.1, 0.15) is 25.7 Å². The predicted molar refractivity (Wildman–Crippen MR) is 101 cm³/mol. The van der Waals surface area contributed by atoms with Crippen LogP contribution in [0.15, 0.2) is 36.7 Å². The van der Waals surface area contributed by atoms with Gasteiger partial charge in [-0.05, 0) is 42.5 Å². The summed E-state index contributed by atoms with van der Waals surface area (Å²) >= 11 is 0. The molecule has 1 saturated carbocycles. The first-order chi connectivity index (χ1) is 12.8. The molecule has 132 valence electrons. The van der Waals surface area contributed by atoms with E-state index in [-0.39, 0.29) is 0 Å². The minimum Gasteiger partial charge on any atom is -0.353 e. The first-order valence-corrected chi connectivity index (χ1v) is 9.16. The average molecular weight is 347 g/mol. The largest absolute Gasteiger partial charge is 0.353 e. The molecular weight excluding hydrogens is 326 g/mol.